The zero-order valence-electron chi connectivity index (χ0n) is 9.57. The number of hydrogen-bond acceptors (Lipinski definition) is 4. The zero-order chi connectivity index (χ0) is 13.9. The first-order valence-electron chi connectivity index (χ1n) is 5.04. The smallest absolute Gasteiger partial charge is 0.340 e. The summed E-state index contributed by atoms with van der Waals surface area (Å²) in [7, 11) is 0. The summed E-state index contributed by atoms with van der Waals surface area (Å²) in [6, 6.07) is 1.32. The van der Waals surface area contributed by atoms with Crippen LogP contribution < -0.4 is 11.5 Å². The molecule has 0 saturated heterocycles. The van der Waals surface area contributed by atoms with Crippen molar-refractivity contribution in [2.45, 2.75) is 6.92 Å². The Balaban J connectivity index is 2.79. The van der Waals surface area contributed by atoms with Gasteiger partial charge in [0.1, 0.15) is 6.61 Å². The number of carbonyl (C=O) groups excluding carboxylic acids is 2. The van der Waals surface area contributed by atoms with E-state index in [2.05, 4.69) is 0 Å². The molecule has 0 radical (unpaired) electrons. The molecule has 5 nitrogen and oxygen atoms in total. The summed E-state index contributed by atoms with van der Waals surface area (Å²) >= 11 is 0. The first kappa shape index (κ1) is 13.9. The number of benzene rings is 1. The van der Waals surface area contributed by atoms with Gasteiger partial charge >= 0.3 is 5.97 Å². The third-order valence-corrected chi connectivity index (χ3v) is 2.26. The molecule has 0 aliphatic carbocycles. The van der Waals surface area contributed by atoms with Crippen LogP contribution in [-0.2, 0) is 9.53 Å². The van der Waals surface area contributed by atoms with E-state index in [0.717, 1.165) is 0 Å². The third kappa shape index (κ3) is 3.16. The number of nitrogen functional groups attached to an aromatic ring is 1. The first-order valence-corrected chi connectivity index (χ1v) is 5.04. The van der Waals surface area contributed by atoms with Gasteiger partial charge in [-0.1, -0.05) is 6.92 Å². The van der Waals surface area contributed by atoms with E-state index in [1.54, 1.807) is 0 Å². The molecule has 0 aliphatic rings. The molecule has 0 spiro atoms. The summed E-state index contributed by atoms with van der Waals surface area (Å²) in [4.78, 5) is 22.2. The van der Waals surface area contributed by atoms with Gasteiger partial charge in [-0.2, -0.15) is 0 Å². The number of anilines is 1. The SMILES string of the molecule is CC(COC(=O)c1cc(F)c(F)cc1N)C(N)=O. The number of amides is 1. The molecular formula is C11H12F2N2O3. The molecule has 98 valence electrons. The van der Waals surface area contributed by atoms with Crippen molar-refractivity contribution in [3.05, 3.63) is 29.3 Å². The lowest BCUT2D eigenvalue weighted by atomic mass is 10.1. The summed E-state index contributed by atoms with van der Waals surface area (Å²) in [5.74, 6) is -4.63. The normalized spacial score (nSPS) is 11.9. The van der Waals surface area contributed by atoms with Crippen molar-refractivity contribution < 1.29 is 23.1 Å². The highest BCUT2D eigenvalue weighted by atomic mass is 19.2. The third-order valence-electron chi connectivity index (χ3n) is 2.26. The van der Waals surface area contributed by atoms with E-state index in [-0.39, 0.29) is 17.9 Å². The molecule has 1 unspecified atom stereocenters. The lowest BCUT2D eigenvalue weighted by Crippen LogP contribution is -2.26. The van der Waals surface area contributed by atoms with Crippen LogP contribution in [0.5, 0.6) is 0 Å². The van der Waals surface area contributed by atoms with E-state index < -0.39 is 29.4 Å². The molecule has 4 N–H and O–H groups in total. The Bertz CT molecular complexity index is 491. The van der Waals surface area contributed by atoms with Gasteiger partial charge in [-0.3, -0.25) is 4.79 Å². The van der Waals surface area contributed by atoms with Gasteiger partial charge in [0, 0.05) is 11.8 Å². The molecule has 0 heterocycles. The van der Waals surface area contributed by atoms with Gasteiger partial charge in [0.05, 0.1) is 11.5 Å². The number of primary amides is 1. The average Bonchev–Trinajstić information content (AvgIpc) is 2.30. The van der Waals surface area contributed by atoms with E-state index in [1.165, 1.54) is 6.92 Å². The molecule has 0 bridgehead atoms. The number of esters is 1. The molecule has 0 saturated carbocycles. The lowest BCUT2D eigenvalue weighted by molar-refractivity contribution is -0.122. The molecule has 7 heteroatoms. The molecule has 1 atom stereocenters. The summed E-state index contributed by atoms with van der Waals surface area (Å²) < 4.78 is 30.4. The molecule has 18 heavy (non-hydrogen) atoms. The van der Waals surface area contributed by atoms with Crippen LogP contribution in [-0.4, -0.2) is 18.5 Å². The topological polar surface area (TPSA) is 95.4 Å². The zero-order valence-corrected chi connectivity index (χ0v) is 9.57. The molecule has 0 fully saturated rings. The minimum Gasteiger partial charge on any atom is -0.461 e. The van der Waals surface area contributed by atoms with Crippen molar-refractivity contribution >= 4 is 17.6 Å². The molecule has 1 rings (SSSR count). The second-order valence-electron chi connectivity index (χ2n) is 3.76. The van der Waals surface area contributed by atoms with Crippen LogP contribution >= 0.6 is 0 Å². The van der Waals surface area contributed by atoms with Gasteiger partial charge in [-0.05, 0) is 6.07 Å². The van der Waals surface area contributed by atoms with Crippen molar-refractivity contribution in [3.63, 3.8) is 0 Å². The highest BCUT2D eigenvalue weighted by Gasteiger charge is 2.18. The van der Waals surface area contributed by atoms with Crippen molar-refractivity contribution in [2.24, 2.45) is 11.7 Å². The number of carbonyl (C=O) groups is 2. The van der Waals surface area contributed by atoms with E-state index in [9.17, 15) is 18.4 Å². The Morgan fingerprint density at radius 1 is 1.33 bits per heavy atom. The maximum absolute atomic E-state index is 12.9. The number of hydrogen-bond donors (Lipinski definition) is 2. The number of nitrogens with two attached hydrogens (primary N) is 2. The largest absolute Gasteiger partial charge is 0.461 e. The number of ether oxygens (including phenoxy) is 1. The van der Waals surface area contributed by atoms with Crippen LogP contribution in [0.3, 0.4) is 0 Å². The van der Waals surface area contributed by atoms with Gasteiger partial charge in [0.25, 0.3) is 0 Å². The van der Waals surface area contributed by atoms with Crippen LogP contribution in [0.1, 0.15) is 17.3 Å². The van der Waals surface area contributed by atoms with E-state index >= 15 is 0 Å². The van der Waals surface area contributed by atoms with Crippen LogP contribution in [0.15, 0.2) is 12.1 Å². The average molecular weight is 258 g/mol. The Labute approximate surface area is 102 Å². The Morgan fingerprint density at radius 2 is 1.89 bits per heavy atom. The molecule has 1 amide bonds. The van der Waals surface area contributed by atoms with Crippen LogP contribution in [0, 0.1) is 17.6 Å². The fourth-order valence-electron chi connectivity index (χ4n) is 1.10. The predicted molar refractivity (Wildman–Crippen MR) is 59.4 cm³/mol. The standard InChI is InChI=1S/C11H12F2N2O3/c1-5(10(15)16)4-18-11(17)6-2-7(12)8(13)3-9(6)14/h2-3,5H,4,14H2,1H3,(H2,15,16). The summed E-state index contributed by atoms with van der Waals surface area (Å²) in [6.45, 7) is 1.21. The van der Waals surface area contributed by atoms with Crippen molar-refractivity contribution in [1.82, 2.24) is 0 Å². The maximum atomic E-state index is 12.9. The highest BCUT2D eigenvalue weighted by molar-refractivity contribution is 5.95. The number of halogens is 2. The van der Waals surface area contributed by atoms with Gasteiger partial charge in [0.15, 0.2) is 11.6 Å². The molecule has 1 aromatic carbocycles. The fraction of sp³-hybridized carbons (Fsp3) is 0.273. The van der Waals surface area contributed by atoms with Crippen LogP contribution in [0.4, 0.5) is 14.5 Å². The molecular weight excluding hydrogens is 246 g/mol. The quantitative estimate of drug-likeness (QED) is 0.617. The van der Waals surface area contributed by atoms with E-state index in [0.29, 0.717) is 12.1 Å². The Hall–Kier alpha value is -2.18. The maximum Gasteiger partial charge on any atom is 0.340 e. The monoisotopic (exact) mass is 258 g/mol. The Kier molecular flexibility index (Phi) is 4.19. The minimum absolute atomic E-state index is 0.245. The number of rotatable bonds is 4. The second-order valence-corrected chi connectivity index (χ2v) is 3.76. The molecule has 1 aromatic rings. The van der Waals surface area contributed by atoms with E-state index in [1.807, 2.05) is 0 Å². The first-order chi connectivity index (χ1) is 8.32. The summed E-state index contributed by atoms with van der Waals surface area (Å²) in [5.41, 5.74) is 9.78. The second kappa shape index (κ2) is 5.44. The lowest BCUT2D eigenvalue weighted by Gasteiger charge is -2.10. The fourth-order valence-corrected chi connectivity index (χ4v) is 1.10. The Morgan fingerprint density at radius 3 is 2.44 bits per heavy atom. The van der Waals surface area contributed by atoms with Crippen LogP contribution in [0.2, 0.25) is 0 Å². The van der Waals surface area contributed by atoms with Gasteiger partial charge in [-0.25, -0.2) is 13.6 Å². The van der Waals surface area contributed by atoms with Gasteiger partial charge in [0.2, 0.25) is 5.91 Å². The highest BCUT2D eigenvalue weighted by Crippen LogP contribution is 2.18. The van der Waals surface area contributed by atoms with E-state index in [4.69, 9.17) is 16.2 Å². The molecule has 0 aliphatic heterocycles. The van der Waals surface area contributed by atoms with Gasteiger partial charge in [-0.15, -0.1) is 0 Å². The van der Waals surface area contributed by atoms with Crippen molar-refractivity contribution in [3.8, 4) is 0 Å². The molecule has 0 aromatic heterocycles. The van der Waals surface area contributed by atoms with Crippen molar-refractivity contribution in [2.75, 3.05) is 12.3 Å². The minimum atomic E-state index is -1.21. The summed E-state index contributed by atoms with van der Waals surface area (Å²) in [5, 5.41) is 0. The summed E-state index contributed by atoms with van der Waals surface area (Å²) in [6.07, 6.45) is 0. The van der Waals surface area contributed by atoms with Gasteiger partial charge < -0.3 is 16.2 Å². The predicted octanol–water partition coefficient (Wildman–Crippen LogP) is 0.825. The van der Waals surface area contributed by atoms with Crippen molar-refractivity contribution in [1.29, 1.82) is 0 Å². The van der Waals surface area contributed by atoms with Crippen LogP contribution in [0.25, 0.3) is 0 Å².